The van der Waals surface area contributed by atoms with E-state index in [4.69, 9.17) is 9.26 Å². The molecule has 0 bridgehead atoms. The van der Waals surface area contributed by atoms with Gasteiger partial charge in [0, 0.05) is 0 Å². The van der Waals surface area contributed by atoms with Gasteiger partial charge in [0.15, 0.2) is 0 Å². The maximum absolute atomic E-state index is 13.4. The zero-order valence-electron chi connectivity index (χ0n) is 16.3. The van der Waals surface area contributed by atoms with Crippen molar-refractivity contribution in [2.24, 2.45) is 5.41 Å². The van der Waals surface area contributed by atoms with Crippen LogP contribution in [0.3, 0.4) is 0 Å². The number of carbonyl (C=O) groups excluding carboxylic acids is 1. The molecular formula is C21H28NO4P. The van der Waals surface area contributed by atoms with Crippen LogP contribution in [-0.4, -0.2) is 18.2 Å². The highest BCUT2D eigenvalue weighted by Gasteiger charge is 2.34. The number of nitrogens with one attached hydrogen (secondary N) is 1. The minimum absolute atomic E-state index is 0.175. The average molecular weight is 389 g/mol. The van der Waals surface area contributed by atoms with E-state index in [1.54, 1.807) is 19.1 Å². The third kappa shape index (κ3) is 7.58. The molecule has 1 N–H and O–H groups in total. The number of esters is 1. The second kappa shape index (κ2) is 9.20. The van der Waals surface area contributed by atoms with E-state index in [0.29, 0.717) is 5.75 Å². The highest BCUT2D eigenvalue weighted by Crippen LogP contribution is 2.48. The molecule has 6 heteroatoms. The van der Waals surface area contributed by atoms with Crippen LogP contribution in [0.25, 0.3) is 0 Å². The highest BCUT2D eigenvalue weighted by atomic mass is 31.2. The average Bonchev–Trinajstić information content (AvgIpc) is 2.59. The molecule has 0 amide bonds. The zero-order chi connectivity index (χ0) is 19.9. The molecule has 2 aromatic carbocycles. The van der Waals surface area contributed by atoms with Gasteiger partial charge in [-0.1, -0.05) is 69.3 Å². The van der Waals surface area contributed by atoms with E-state index in [2.05, 4.69) is 5.09 Å². The van der Waals surface area contributed by atoms with Gasteiger partial charge >= 0.3 is 13.5 Å². The summed E-state index contributed by atoms with van der Waals surface area (Å²) in [5, 5.41) is 2.89. The molecule has 2 atom stereocenters. The monoisotopic (exact) mass is 389 g/mol. The molecule has 0 heterocycles. The number of ether oxygens (including phenoxy) is 1. The fourth-order valence-corrected chi connectivity index (χ4v) is 5.20. The second-order valence-electron chi connectivity index (χ2n) is 7.74. The molecule has 27 heavy (non-hydrogen) atoms. The molecule has 2 aromatic rings. The lowest BCUT2D eigenvalue weighted by molar-refractivity contribution is -0.146. The van der Waals surface area contributed by atoms with Crippen molar-refractivity contribution in [3.8, 4) is 5.75 Å². The molecule has 0 radical (unpaired) electrons. The first kappa shape index (κ1) is 21.2. The van der Waals surface area contributed by atoms with Gasteiger partial charge in [0.1, 0.15) is 18.4 Å². The van der Waals surface area contributed by atoms with Crippen molar-refractivity contribution >= 4 is 13.5 Å². The SMILES string of the molecule is C[C@H](NP(=O)(CC(C)(C)C)Oc1ccccc1)C(=O)OCc1ccccc1. The molecule has 1 unspecified atom stereocenters. The van der Waals surface area contributed by atoms with Crippen LogP contribution in [0.4, 0.5) is 0 Å². The first-order chi connectivity index (χ1) is 12.7. The predicted molar refractivity (Wildman–Crippen MR) is 108 cm³/mol. The third-order valence-electron chi connectivity index (χ3n) is 3.65. The Hall–Kier alpha value is -2.10. The fourth-order valence-electron chi connectivity index (χ4n) is 2.58. The van der Waals surface area contributed by atoms with Crippen LogP contribution in [0.15, 0.2) is 60.7 Å². The molecule has 0 fully saturated rings. The highest BCUT2D eigenvalue weighted by molar-refractivity contribution is 7.57. The summed E-state index contributed by atoms with van der Waals surface area (Å²) in [6.07, 6.45) is 0.283. The lowest BCUT2D eigenvalue weighted by Gasteiger charge is -2.29. The van der Waals surface area contributed by atoms with Crippen LogP contribution >= 0.6 is 7.52 Å². The molecule has 0 aliphatic heterocycles. The first-order valence-electron chi connectivity index (χ1n) is 8.99. The van der Waals surface area contributed by atoms with Gasteiger partial charge < -0.3 is 9.26 Å². The Morgan fingerprint density at radius 2 is 1.59 bits per heavy atom. The molecule has 0 aliphatic carbocycles. The number of para-hydroxylation sites is 1. The summed E-state index contributed by atoms with van der Waals surface area (Å²) < 4.78 is 24.6. The molecular weight excluding hydrogens is 361 g/mol. The van der Waals surface area contributed by atoms with Crippen LogP contribution in [0, 0.1) is 5.41 Å². The topological polar surface area (TPSA) is 64.6 Å². The lowest BCUT2D eigenvalue weighted by Crippen LogP contribution is -2.36. The molecule has 0 aliphatic rings. The Kier molecular flexibility index (Phi) is 7.23. The quantitative estimate of drug-likeness (QED) is 0.507. The minimum atomic E-state index is -3.32. The summed E-state index contributed by atoms with van der Waals surface area (Å²) in [4.78, 5) is 12.4. The van der Waals surface area contributed by atoms with Crippen molar-refractivity contribution in [2.75, 3.05) is 6.16 Å². The van der Waals surface area contributed by atoms with E-state index in [9.17, 15) is 9.36 Å². The van der Waals surface area contributed by atoms with Crippen molar-refractivity contribution < 1.29 is 18.6 Å². The minimum Gasteiger partial charge on any atom is -0.460 e. The van der Waals surface area contributed by atoms with Gasteiger partial charge in [-0.2, -0.15) is 0 Å². The fraction of sp³-hybridized carbons (Fsp3) is 0.381. The van der Waals surface area contributed by atoms with Crippen molar-refractivity contribution in [1.29, 1.82) is 0 Å². The second-order valence-corrected chi connectivity index (χ2v) is 9.84. The van der Waals surface area contributed by atoms with Crippen molar-refractivity contribution in [2.45, 2.75) is 40.3 Å². The van der Waals surface area contributed by atoms with E-state index in [1.807, 2.05) is 69.3 Å². The summed E-state index contributed by atoms with van der Waals surface area (Å²) in [7, 11) is -3.32. The summed E-state index contributed by atoms with van der Waals surface area (Å²) >= 11 is 0. The molecule has 5 nitrogen and oxygen atoms in total. The Morgan fingerprint density at radius 1 is 1.04 bits per heavy atom. The Balaban J connectivity index is 2.04. The summed E-state index contributed by atoms with van der Waals surface area (Å²) in [5.41, 5.74) is 0.654. The Bertz CT molecular complexity index is 772. The third-order valence-corrected chi connectivity index (χ3v) is 6.30. The van der Waals surface area contributed by atoms with Crippen molar-refractivity contribution in [3.63, 3.8) is 0 Å². The molecule has 0 aromatic heterocycles. The number of rotatable bonds is 8. The van der Waals surface area contributed by atoms with Crippen LogP contribution < -0.4 is 9.61 Å². The standard InChI is InChI=1S/C21H28NO4P/c1-17(20(23)25-15-18-11-7-5-8-12-18)22-27(24,16-21(2,3)4)26-19-13-9-6-10-14-19/h5-14,17H,15-16H2,1-4H3,(H,22,24)/t17-,27?/m0/s1. The number of benzene rings is 2. The lowest BCUT2D eigenvalue weighted by atomic mass is 10.0. The summed E-state index contributed by atoms with van der Waals surface area (Å²) in [6, 6.07) is 17.7. The molecule has 146 valence electrons. The van der Waals surface area contributed by atoms with Crippen LogP contribution in [0.1, 0.15) is 33.3 Å². The molecule has 0 saturated carbocycles. The van der Waals surface area contributed by atoms with Crippen molar-refractivity contribution in [3.05, 3.63) is 66.2 Å². The van der Waals surface area contributed by atoms with E-state index < -0.39 is 19.5 Å². The maximum Gasteiger partial charge on any atom is 0.323 e. The number of hydrogen-bond acceptors (Lipinski definition) is 4. The Morgan fingerprint density at radius 3 is 2.15 bits per heavy atom. The largest absolute Gasteiger partial charge is 0.460 e. The van der Waals surface area contributed by atoms with Gasteiger partial charge in [-0.3, -0.25) is 9.36 Å². The van der Waals surface area contributed by atoms with E-state index in [-0.39, 0.29) is 18.2 Å². The normalized spacial score (nSPS) is 14.8. The van der Waals surface area contributed by atoms with Gasteiger partial charge in [-0.05, 0) is 30.0 Å². The molecule has 0 saturated heterocycles. The van der Waals surface area contributed by atoms with Gasteiger partial charge in [-0.25, -0.2) is 5.09 Å². The summed E-state index contributed by atoms with van der Waals surface area (Å²) in [6.45, 7) is 7.75. The van der Waals surface area contributed by atoms with Crippen LogP contribution in [0.5, 0.6) is 5.75 Å². The van der Waals surface area contributed by atoms with Gasteiger partial charge in [-0.15, -0.1) is 0 Å². The molecule has 2 rings (SSSR count). The first-order valence-corrected chi connectivity index (χ1v) is 10.8. The van der Waals surface area contributed by atoms with Crippen LogP contribution in [0.2, 0.25) is 0 Å². The molecule has 0 spiro atoms. The number of carbonyl (C=O) groups is 1. The van der Waals surface area contributed by atoms with Gasteiger partial charge in [0.2, 0.25) is 0 Å². The van der Waals surface area contributed by atoms with E-state index >= 15 is 0 Å². The van der Waals surface area contributed by atoms with Crippen molar-refractivity contribution in [1.82, 2.24) is 5.09 Å². The summed E-state index contributed by atoms with van der Waals surface area (Å²) in [5.74, 6) is 0.0343. The Labute approximate surface area is 161 Å². The van der Waals surface area contributed by atoms with E-state index in [0.717, 1.165) is 5.56 Å². The zero-order valence-corrected chi connectivity index (χ0v) is 17.2. The predicted octanol–water partition coefficient (Wildman–Crippen LogP) is 5.03. The number of hydrogen-bond donors (Lipinski definition) is 1. The van der Waals surface area contributed by atoms with Gasteiger partial charge in [0.05, 0.1) is 6.16 Å². The smallest absolute Gasteiger partial charge is 0.323 e. The van der Waals surface area contributed by atoms with Crippen LogP contribution in [-0.2, 0) is 20.7 Å². The maximum atomic E-state index is 13.4. The van der Waals surface area contributed by atoms with Gasteiger partial charge in [0.25, 0.3) is 0 Å². The van der Waals surface area contributed by atoms with E-state index in [1.165, 1.54) is 0 Å².